The highest BCUT2D eigenvalue weighted by Gasteiger charge is 2.05. The normalized spacial score (nSPS) is 10.9. The van der Waals surface area contributed by atoms with Crippen molar-refractivity contribution in [3.05, 3.63) is 41.0 Å². The monoisotopic (exact) mass is 204 g/mol. The third-order valence-electron chi connectivity index (χ3n) is 2.89. The summed E-state index contributed by atoms with van der Waals surface area (Å²) in [6.07, 6.45) is 6.54. The Bertz CT molecular complexity index is 351. The first-order valence-electron chi connectivity index (χ1n) is 5.45. The molecule has 0 aliphatic heterocycles. The number of hydrogen-bond donors (Lipinski definition) is 0. The third-order valence-corrected chi connectivity index (χ3v) is 2.89. The summed E-state index contributed by atoms with van der Waals surface area (Å²) in [5.41, 5.74) is 4.04. The van der Waals surface area contributed by atoms with E-state index in [0.29, 0.717) is 0 Å². The number of hydrogen-bond acceptors (Lipinski definition) is 1. The topological polar surface area (TPSA) is 9.23 Å². The van der Waals surface area contributed by atoms with Crippen molar-refractivity contribution in [2.75, 3.05) is 7.11 Å². The van der Waals surface area contributed by atoms with E-state index in [4.69, 9.17) is 4.74 Å². The second kappa shape index (κ2) is 5.59. The van der Waals surface area contributed by atoms with Gasteiger partial charge in [0.1, 0.15) is 5.75 Å². The maximum absolute atomic E-state index is 5.29. The van der Waals surface area contributed by atoms with Crippen LogP contribution in [0.4, 0.5) is 0 Å². The second-order valence-corrected chi connectivity index (χ2v) is 3.78. The quantitative estimate of drug-likeness (QED) is 0.677. The van der Waals surface area contributed by atoms with Crippen LogP contribution in [0.25, 0.3) is 0 Å². The van der Waals surface area contributed by atoms with E-state index in [9.17, 15) is 0 Å². The van der Waals surface area contributed by atoms with Gasteiger partial charge in [-0.15, -0.1) is 0 Å². The Balaban J connectivity index is 2.86. The van der Waals surface area contributed by atoms with Gasteiger partial charge in [-0.25, -0.2) is 0 Å². The molecule has 0 fully saturated rings. The SMILES string of the molecule is C/C=C\CCc1ccc(OC)c(C)c1C. The van der Waals surface area contributed by atoms with Gasteiger partial charge in [-0.3, -0.25) is 0 Å². The zero-order valence-corrected chi connectivity index (χ0v) is 10.1. The Morgan fingerprint density at radius 1 is 1.20 bits per heavy atom. The first-order chi connectivity index (χ1) is 7.20. The van der Waals surface area contributed by atoms with E-state index in [-0.39, 0.29) is 0 Å². The van der Waals surface area contributed by atoms with Gasteiger partial charge in [0.05, 0.1) is 7.11 Å². The minimum atomic E-state index is 0.988. The Kier molecular flexibility index (Phi) is 4.41. The van der Waals surface area contributed by atoms with Gasteiger partial charge in [0.25, 0.3) is 0 Å². The third kappa shape index (κ3) is 2.85. The molecule has 0 N–H and O–H groups in total. The van der Waals surface area contributed by atoms with Crippen LogP contribution in [0.1, 0.15) is 30.0 Å². The molecule has 1 nitrogen and oxygen atoms in total. The summed E-state index contributed by atoms with van der Waals surface area (Å²) in [7, 11) is 1.72. The summed E-state index contributed by atoms with van der Waals surface area (Å²) in [6.45, 7) is 6.35. The van der Waals surface area contributed by atoms with Crippen molar-refractivity contribution in [3.63, 3.8) is 0 Å². The Morgan fingerprint density at radius 3 is 2.53 bits per heavy atom. The van der Waals surface area contributed by atoms with Crippen molar-refractivity contribution in [3.8, 4) is 5.75 Å². The van der Waals surface area contributed by atoms with Gasteiger partial charge in [-0.05, 0) is 56.4 Å². The molecule has 0 radical (unpaired) electrons. The molecular formula is C14H20O. The maximum atomic E-state index is 5.29. The first-order valence-corrected chi connectivity index (χ1v) is 5.45. The molecule has 1 heteroatoms. The molecule has 0 aliphatic carbocycles. The summed E-state index contributed by atoms with van der Waals surface area (Å²) >= 11 is 0. The number of methoxy groups -OCH3 is 1. The molecule has 0 bridgehead atoms. The molecule has 0 atom stereocenters. The van der Waals surface area contributed by atoms with Crippen LogP contribution in [-0.2, 0) is 6.42 Å². The first kappa shape index (κ1) is 11.8. The Morgan fingerprint density at radius 2 is 1.93 bits per heavy atom. The van der Waals surface area contributed by atoms with E-state index in [1.54, 1.807) is 7.11 Å². The fraction of sp³-hybridized carbons (Fsp3) is 0.429. The minimum absolute atomic E-state index is 0.988. The van der Waals surface area contributed by atoms with E-state index in [2.05, 4.69) is 45.1 Å². The van der Waals surface area contributed by atoms with Gasteiger partial charge in [0.2, 0.25) is 0 Å². The van der Waals surface area contributed by atoms with E-state index < -0.39 is 0 Å². The van der Waals surface area contributed by atoms with Crippen molar-refractivity contribution in [2.24, 2.45) is 0 Å². The summed E-state index contributed by atoms with van der Waals surface area (Å²) < 4.78 is 5.29. The van der Waals surface area contributed by atoms with E-state index in [1.165, 1.54) is 16.7 Å². The summed E-state index contributed by atoms with van der Waals surface area (Å²) in [5, 5.41) is 0. The van der Waals surface area contributed by atoms with Crippen LogP contribution in [-0.4, -0.2) is 7.11 Å². The molecule has 15 heavy (non-hydrogen) atoms. The molecule has 1 rings (SSSR count). The molecular weight excluding hydrogens is 184 g/mol. The van der Waals surface area contributed by atoms with Crippen LogP contribution < -0.4 is 4.74 Å². The fourth-order valence-electron chi connectivity index (χ4n) is 1.75. The standard InChI is InChI=1S/C14H20O/c1-5-6-7-8-13-9-10-14(15-4)12(3)11(13)2/h5-6,9-10H,7-8H2,1-4H3/b6-5-. The van der Waals surface area contributed by atoms with Crippen molar-refractivity contribution in [1.82, 2.24) is 0 Å². The maximum Gasteiger partial charge on any atom is 0.122 e. The summed E-state index contributed by atoms with van der Waals surface area (Å²) in [5.74, 6) is 0.988. The summed E-state index contributed by atoms with van der Waals surface area (Å²) in [4.78, 5) is 0. The summed E-state index contributed by atoms with van der Waals surface area (Å²) in [6, 6.07) is 4.23. The second-order valence-electron chi connectivity index (χ2n) is 3.78. The van der Waals surface area contributed by atoms with Crippen molar-refractivity contribution in [2.45, 2.75) is 33.6 Å². The molecule has 1 aromatic rings. The molecule has 0 aliphatic rings. The molecule has 0 spiro atoms. The van der Waals surface area contributed by atoms with Crippen LogP contribution >= 0.6 is 0 Å². The van der Waals surface area contributed by atoms with E-state index in [1.807, 2.05) is 0 Å². The average molecular weight is 204 g/mol. The number of allylic oxidation sites excluding steroid dienone is 2. The molecule has 0 aromatic heterocycles. The van der Waals surface area contributed by atoms with Gasteiger partial charge >= 0.3 is 0 Å². The predicted molar refractivity (Wildman–Crippen MR) is 65.6 cm³/mol. The lowest BCUT2D eigenvalue weighted by Gasteiger charge is -2.11. The zero-order chi connectivity index (χ0) is 11.3. The molecule has 1 aromatic carbocycles. The lowest BCUT2D eigenvalue weighted by atomic mass is 9.99. The van der Waals surface area contributed by atoms with Gasteiger partial charge in [-0.2, -0.15) is 0 Å². The predicted octanol–water partition coefficient (Wildman–Crippen LogP) is 3.82. The van der Waals surface area contributed by atoms with Crippen LogP contribution in [0.2, 0.25) is 0 Å². The van der Waals surface area contributed by atoms with Gasteiger partial charge in [-0.1, -0.05) is 18.2 Å². The van der Waals surface area contributed by atoms with Crippen LogP contribution in [0.5, 0.6) is 5.75 Å². The number of benzene rings is 1. The van der Waals surface area contributed by atoms with Crippen LogP contribution in [0.3, 0.4) is 0 Å². The van der Waals surface area contributed by atoms with Crippen molar-refractivity contribution >= 4 is 0 Å². The van der Waals surface area contributed by atoms with Gasteiger partial charge in [0, 0.05) is 0 Å². The van der Waals surface area contributed by atoms with E-state index in [0.717, 1.165) is 18.6 Å². The zero-order valence-electron chi connectivity index (χ0n) is 10.1. The van der Waals surface area contributed by atoms with Gasteiger partial charge < -0.3 is 4.74 Å². The van der Waals surface area contributed by atoms with Crippen molar-refractivity contribution < 1.29 is 4.74 Å². The minimum Gasteiger partial charge on any atom is -0.496 e. The lowest BCUT2D eigenvalue weighted by molar-refractivity contribution is 0.411. The Labute approximate surface area is 92.8 Å². The van der Waals surface area contributed by atoms with Crippen LogP contribution in [0, 0.1) is 13.8 Å². The highest BCUT2D eigenvalue weighted by Crippen LogP contribution is 2.24. The average Bonchev–Trinajstić information content (AvgIpc) is 2.25. The van der Waals surface area contributed by atoms with Gasteiger partial charge in [0.15, 0.2) is 0 Å². The molecule has 82 valence electrons. The van der Waals surface area contributed by atoms with Crippen molar-refractivity contribution in [1.29, 1.82) is 0 Å². The number of aryl methyl sites for hydroxylation is 1. The van der Waals surface area contributed by atoms with E-state index >= 15 is 0 Å². The molecule has 0 unspecified atom stereocenters. The molecule has 0 amide bonds. The molecule has 0 heterocycles. The molecule has 0 saturated carbocycles. The number of rotatable bonds is 4. The highest BCUT2D eigenvalue weighted by atomic mass is 16.5. The fourth-order valence-corrected chi connectivity index (χ4v) is 1.75. The lowest BCUT2D eigenvalue weighted by Crippen LogP contribution is -1.95. The highest BCUT2D eigenvalue weighted by molar-refractivity contribution is 5.43. The smallest absolute Gasteiger partial charge is 0.122 e. The van der Waals surface area contributed by atoms with Crippen LogP contribution in [0.15, 0.2) is 24.3 Å². The Hall–Kier alpha value is -1.24. The molecule has 0 saturated heterocycles. The largest absolute Gasteiger partial charge is 0.496 e. The number of ether oxygens (including phenoxy) is 1.